The monoisotopic (exact) mass is 280 g/mol. The minimum absolute atomic E-state index is 0.00373. The maximum absolute atomic E-state index is 11.9. The number of benzene rings is 1. The Morgan fingerprint density at radius 1 is 1.30 bits per heavy atom. The quantitative estimate of drug-likeness (QED) is 0.618. The molecule has 20 heavy (non-hydrogen) atoms. The Hall–Kier alpha value is -1.75. The number of carbonyl (C=O) groups is 1. The van der Waals surface area contributed by atoms with Crippen LogP contribution < -0.4 is 10.6 Å². The number of amides is 2. The fourth-order valence-corrected chi connectivity index (χ4v) is 2.08. The number of hydrogen-bond donors (Lipinski definition) is 4. The van der Waals surface area contributed by atoms with Crippen LogP contribution in [0.25, 0.3) is 0 Å². The standard InChI is InChI=1S/C15H24N2O3/c1-3-13(12-8-4-5-9-14(12)19)17-15(20)16-11(2)7-6-10-18/h4-5,8-9,11,13,18-19H,3,6-7,10H2,1-2H3,(H2,16,17,20). The molecule has 0 saturated heterocycles. The molecule has 0 heterocycles. The minimum Gasteiger partial charge on any atom is -0.508 e. The summed E-state index contributed by atoms with van der Waals surface area (Å²) < 4.78 is 0. The fourth-order valence-electron chi connectivity index (χ4n) is 2.08. The van der Waals surface area contributed by atoms with Crippen LogP contribution in [0.4, 0.5) is 4.79 Å². The number of urea groups is 1. The first-order chi connectivity index (χ1) is 9.58. The normalized spacial score (nSPS) is 13.6. The second kappa shape index (κ2) is 8.43. The second-order valence-corrected chi connectivity index (χ2v) is 4.90. The molecule has 4 N–H and O–H groups in total. The number of nitrogens with one attached hydrogen (secondary N) is 2. The van der Waals surface area contributed by atoms with Crippen LogP contribution in [0.15, 0.2) is 24.3 Å². The lowest BCUT2D eigenvalue weighted by molar-refractivity contribution is 0.230. The van der Waals surface area contributed by atoms with Crippen LogP contribution in [-0.4, -0.2) is 28.9 Å². The highest BCUT2D eigenvalue weighted by atomic mass is 16.3. The van der Waals surface area contributed by atoms with E-state index in [0.717, 1.165) is 6.42 Å². The van der Waals surface area contributed by atoms with Crippen molar-refractivity contribution in [2.75, 3.05) is 6.61 Å². The average molecular weight is 280 g/mol. The molecule has 112 valence electrons. The third-order valence-electron chi connectivity index (χ3n) is 3.20. The molecule has 1 rings (SSSR count). The van der Waals surface area contributed by atoms with Crippen molar-refractivity contribution in [2.45, 2.75) is 45.2 Å². The van der Waals surface area contributed by atoms with Gasteiger partial charge in [0, 0.05) is 18.2 Å². The SMILES string of the molecule is CCC(NC(=O)NC(C)CCCO)c1ccccc1O. The van der Waals surface area contributed by atoms with Gasteiger partial charge in [0.15, 0.2) is 0 Å². The van der Waals surface area contributed by atoms with Crippen LogP contribution in [0.5, 0.6) is 5.75 Å². The van der Waals surface area contributed by atoms with Gasteiger partial charge >= 0.3 is 6.03 Å². The Labute approximate surface area is 120 Å². The van der Waals surface area contributed by atoms with Crippen molar-refractivity contribution in [1.82, 2.24) is 10.6 Å². The highest BCUT2D eigenvalue weighted by Gasteiger charge is 2.16. The van der Waals surface area contributed by atoms with E-state index in [2.05, 4.69) is 10.6 Å². The van der Waals surface area contributed by atoms with Crippen molar-refractivity contribution in [3.8, 4) is 5.75 Å². The van der Waals surface area contributed by atoms with Gasteiger partial charge in [-0.2, -0.15) is 0 Å². The number of hydrogen-bond acceptors (Lipinski definition) is 3. The molecular formula is C15H24N2O3. The summed E-state index contributed by atoms with van der Waals surface area (Å²) in [7, 11) is 0. The first kappa shape index (κ1) is 16.3. The van der Waals surface area contributed by atoms with E-state index in [9.17, 15) is 9.90 Å². The van der Waals surface area contributed by atoms with Crippen molar-refractivity contribution < 1.29 is 15.0 Å². The molecule has 2 atom stereocenters. The van der Waals surface area contributed by atoms with Gasteiger partial charge in [0.2, 0.25) is 0 Å². The summed E-state index contributed by atoms with van der Waals surface area (Å²) in [6.45, 7) is 3.98. The summed E-state index contributed by atoms with van der Waals surface area (Å²) in [5.74, 6) is 0.188. The minimum atomic E-state index is -0.259. The summed E-state index contributed by atoms with van der Waals surface area (Å²) in [4.78, 5) is 11.9. The van der Waals surface area contributed by atoms with E-state index in [1.807, 2.05) is 19.9 Å². The van der Waals surface area contributed by atoms with E-state index < -0.39 is 0 Å². The number of aliphatic hydroxyl groups excluding tert-OH is 1. The van der Waals surface area contributed by atoms with Crippen LogP contribution in [0.2, 0.25) is 0 Å². The lowest BCUT2D eigenvalue weighted by Crippen LogP contribution is -2.42. The van der Waals surface area contributed by atoms with E-state index >= 15 is 0 Å². The molecule has 0 fully saturated rings. The smallest absolute Gasteiger partial charge is 0.315 e. The van der Waals surface area contributed by atoms with E-state index in [0.29, 0.717) is 18.4 Å². The molecule has 1 aromatic rings. The number of carbonyl (C=O) groups excluding carboxylic acids is 1. The van der Waals surface area contributed by atoms with Gasteiger partial charge in [-0.15, -0.1) is 0 Å². The molecule has 0 bridgehead atoms. The predicted molar refractivity (Wildman–Crippen MR) is 78.6 cm³/mol. The van der Waals surface area contributed by atoms with Gasteiger partial charge in [-0.1, -0.05) is 25.1 Å². The maximum atomic E-state index is 11.9. The number of phenols is 1. The van der Waals surface area contributed by atoms with Crippen LogP contribution >= 0.6 is 0 Å². The van der Waals surface area contributed by atoms with E-state index in [1.165, 1.54) is 0 Å². The Balaban J connectivity index is 2.56. The molecule has 1 aromatic carbocycles. The van der Waals surface area contributed by atoms with Gasteiger partial charge in [0.05, 0.1) is 6.04 Å². The number of aliphatic hydroxyl groups is 1. The van der Waals surface area contributed by atoms with Crippen LogP contribution in [0.3, 0.4) is 0 Å². The zero-order valence-corrected chi connectivity index (χ0v) is 12.1. The van der Waals surface area contributed by atoms with Crippen LogP contribution in [0, 0.1) is 0 Å². The molecule has 0 aliphatic rings. The number of aromatic hydroxyl groups is 1. The Kier molecular flexibility index (Phi) is 6.87. The van der Waals surface area contributed by atoms with E-state index in [-0.39, 0.29) is 30.5 Å². The third kappa shape index (κ3) is 5.09. The molecule has 2 amide bonds. The molecule has 0 aliphatic heterocycles. The highest BCUT2D eigenvalue weighted by molar-refractivity contribution is 5.74. The molecule has 5 nitrogen and oxygen atoms in total. The van der Waals surface area contributed by atoms with Gasteiger partial charge in [0.1, 0.15) is 5.75 Å². The lowest BCUT2D eigenvalue weighted by Gasteiger charge is -2.21. The molecular weight excluding hydrogens is 256 g/mol. The average Bonchev–Trinajstić information content (AvgIpc) is 2.43. The zero-order valence-electron chi connectivity index (χ0n) is 12.1. The molecule has 0 aliphatic carbocycles. The second-order valence-electron chi connectivity index (χ2n) is 4.90. The highest BCUT2D eigenvalue weighted by Crippen LogP contribution is 2.25. The summed E-state index contributed by atoms with van der Waals surface area (Å²) in [6.07, 6.45) is 2.09. The fraction of sp³-hybridized carbons (Fsp3) is 0.533. The number of para-hydroxylation sites is 1. The first-order valence-corrected chi connectivity index (χ1v) is 7.04. The number of rotatable bonds is 7. The first-order valence-electron chi connectivity index (χ1n) is 7.04. The van der Waals surface area contributed by atoms with Crippen molar-refractivity contribution >= 4 is 6.03 Å². The third-order valence-corrected chi connectivity index (χ3v) is 3.20. The summed E-state index contributed by atoms with van der Waals surface area (Å²) in [6, 6.07) is 6.53. The van der Waals surface area contributed by atoms with Gasteiger partial charge < -0.3 is 20.8 Å². The molecule has 5 heteroatoms. The molecule has 2 unspecified atom stereocenters. The lowest BCUT2D eigenvalue weighted by atomic mass is 10.0. The van der Waals surface area contributed by atoms with Crippen molar-refractivity contribution in [3.63, 3.8) is 0 Å². The topological polar surface area (TPSA) is 81.6 Å². The van der Waals surface area contributed by atoms with Crippen LogP contribution in [-0.2, 0) is 0 Å². The largest absolute Gasteiger partial charge is 0.508 e. The van der Waals surface area contributed by atoms with Gasteiger partial charge in [0.25, 0.3) is 0 Å². The summed E-state index contributed by atoms with van der Waals surface area (Å²) in [5.41, 5.74) is 0.716. The maximum Gasteiger partial charge on any atom is 0.315 e. The molecule has 0 spiro atoms. The molecule has 0 aromatic heterocycles. The summed E-state index contributed by atoms with van der Waals surface area (Å²) >= 11 is 0. The Bertz CT molecular complexity index is 423. The summed E-state index contributed by atoms with van der Waals surface area (Å²) in [5, 5.41) is 24.3. The Morgan fingerprint density at radius 2 is 2.00 bits per heavy atom. The van der Waals surface area contributed by atoms with Crippen molar-refractivity contribution in [2.24, 2.45) is 0 Å². The predicted octanol–water partition coefficient (Wildman–Crippen LogP) is 2.30. The van der Waals surface area contributed by atoms with Gasteiger partial charge in [-0.25, -0.2) is 4.79 Å². The van der Waals surface area contributed by atoms with E-state index in [4.69, 9.17) is 5.11 Å². The zero-order chi connectivity index (χ0) is 15.0. The van der Waals surface area contributed by atoms with Crippen LogP contribution in [0.1, 0.15) is 44.7 Å². The van der Waals surface area contributed by atoms with Gasteiger partial charge in [-0.3, -0.25) is 0 Å². The van der Waals surface area contributed by atoms with Gasteiger partial charge in [-0.05, 0) is 32.3 Å². The van der Waals surface area contributed by atoms with Crippen molar-refractivity contribution in [1.29, 1.82) is 0 Å². The van der Waals surface area contributed by atoms with E-state index in [1.54, 1.807) is 18.2 Å². The molecule has 0 saturated carbocycles. The molecule has 0 radical (unpaired) electrons. The number of phenolic OH excluding ortho intramolecular Hbond substituents is 1. The van der Waals surface area contributed by atoms with Crippen molar-refractivity contribution in [3.05, 3.63) is 29.8 Å². The Morgan fingerprint density at radius 3 is 2.60 bits per heavy atom.